The molecule has 2 aromatic carbocycles. The molecule has 0 aliphatic rings. The Morgan fingerprint density at radius 1 is 1.10 bits per heavy atom. The SMILES string of the molecule is CN(Cc1cc2ccccc2n1C)C(=O)/C=C/c1ccc2[nH]c3ncccc3c2c1. The lowest BCUT2D eigenvalue weighted by Gasteiger charge is -2.15. The lowest BCUT2D eigenvalue weighted by Crippen LogP contribution is -2.25. The molecule has 0 fully saturated rings. The Kier molecular flexibility index (Phi) is 4.36. The molecule has 1 N–H and O–H groups in total. The van der Waals surface area contributed by atoms with E-state index in [0.717, 1.165) is 33.2 Å². The number of H-pyrrole nitrogens is 1. The maximum Gasteiger partial charge on any atom is 0.246 e. The molecule has 0 bridgehead atoms. The second-order valence-corrected chi connectivity index (χ2v) is 7.61. The van der Waals surface area contributed by atoms with E-state index >= 15 is 0 Å². The van der Waals surface area contributed by atoms with E-state index in [2.05, 4.69) is 44.9 Å². The number of hydrogen-bond donors (Lipinski definition) is 1. The van der Waals surface area contributed by atoms with Crippen LogP contribution in [0.3, 0.4) is 0 Å². The van der Waals surface area contributed by atoms with Crippen LogP contribution < -0.4 is 0 Å². The minimum atomic E-state index is -0.0269. The lowest BCUT2D eigenvalue weighted by molar-refractivity contribution is -0.125. The van der Waals surface area contributed by atoms with Crippen molar-refractivity contribution in [1.29, 1.82) is 0 Å². The third kappa shape index (κ3) is 3.14. The summed E-state index contributed by atoms with van der Waals surface area (Å²) in [5.74, 6) is -0.0269. The summed E-state index contributed by atoms with van der Waals surface area (Å²) < 4.78 is 2.14. The number of carbonyl (C=O) groups excluding carboxylic acids is 1. The molecule has 3 heterocycles. The van der Waals surface area contributed by atoms with Gasteiger partial charge in [-0.05, 0) is 53.4 Å². The number of hydrogen-bond acceptors (Lipinski definition) is 2. The van der Waals surface area contributed by atoms with Crippen LogP contribution in [0.1, 0.15) is 11.3 Å². The van der Waals surface area contributed by atoms with Crippen LogP contribution in [0.2, 0.25) is 0 Å². The highest BCUT2D eigenvalue weighted by molar-refractivity contribution is 6.06. The number of aromatic nitrogens is 3. The number of rotatable bonds is 4. The minimum Gasteiger partial charge on any atom is -0.346 e. The van der Waals surface area contributed by atoms with Crippen molar-refractivity contribution in [2.24, 2.45) is 7.05 Å². The molecule has 30 heavy (non-hydrogen) atoms. The average Bonchev–Trinajstić information content (AvgIpc) is 3.29. The van der Waals surface area contributed by atoms with Crippen molar-refractivity contribution in [1.82, 2.24) is 19.4 Å². The summed E-state index contributed by atoms with van der Waals surface area (Å²) in [4.78, 5) is 22.1. The Morgan fingerprint density at radius 3 is 2.83 bits per heavy atom. The first kappa shape index (κ1) is 18.2. The highest BCUT2D eigenvalue weighted by Crippen LogP contribution is 2.25. The summed E-state index contributed by atoms with van der Waals surface area (Å²) >= 11 is 0. The predicted octanol–water partition coefficient (Wildman–Crippen LogP) is 4.88. The van der Waals surface area contributed by atoms with Gasteiger partial charge in [-0.2, -0.15) is 0 Å². The standard InChI is InChI=1S/C25H22N4O/c1-28(16-19-15-18-6-3-4-8-23(18)29(19)2)24(30)12-10-17-9-11-22-21(14-17)20-7-5-13-26-25(20)27-22/h3-15H,16H2,1-2H3,(H,26,27)/b12-10+. The van der Waals surface area contributed by atoms with Gasteiger partial charge in [-0.3, -0.25) is 4.79 Å². The number of benzene rings is 2. The summed E-state index contributed by atoms with van der Waals surface area (Å²) in [7, 11) is 3.87. The molecule has 5 rings (SSSR count). The van der Waals surface area contributed by atoms with Crippen LogP contribution >= 0.6 is 0 Å². The molecule has 5 heteroatoms. The van der Waals surface area contributed by atoms with Gasteiger partial charge in [0.15, 0.2) is 0 Å². The van der Waals surface area contributed by atoms with Crippen LogP contribution in [0.15, 0.2) is 72.9 Å². The maximum absolute atomic E-state index is 12.7. The monoisotopic (exact) mass is 394 g/mol. The second-order valence-electron chi connectivity index (χ2n) is 7.61. The average molecular weight is 394 g/mol. The van der Waals surface area contributed by atoms with Crippen molar-refractivity contribution in [3.63, 3.8) is 0 Å². The van der Waals surface area contributed by atoms with Crippen molar-refractivity contribution < 1.29 is 4.79 Å². The molecular weight excluding hydrogens is 372 g/mol. The number of nitrogens with zero attached hydrogens (tertiary/aromatic N) is 3. The molecule has 3 aromatic heterocycles. The molecule has 0 spiro atoms. The quantitative estimate of drug-likeness (QED) is 0.442. The van der Waals surface area contributed by atoms with Gasteiger partial charge in [0.05, 0.1) is 6.54 Å². The van der Waals surface area contributed by atoms with Gasteiger partial charge in [-0.15, -0.1) is 0 Å². The summed E-state index contributed by atoms with van der Waals surface area (Å²) in [6.45, 7) is 0.557. The topological polar surface area (TPSA) is 53.9 Å². The van der Waals surface area contributed by atoms with E-state index in [4.69, 9.17) is 0 Å². The highest BCUT2D eigenvalue weighted by atomic mass is 16.2. The van der Waals surface area contributed by atoms with Gasteiger partial charge in [-0.1, -0.05) is 24.3 Å². The van der Waals surface area contributed by atoms with Crippen LogP contribution in [-0.2, 0) is 18.4 Å². The molecule has 5 nitrogen and oxygen atoms in total. The van der Waals surface area contributed by atoms with Gasteiger partial charge < -0.3 is 14.5 Å². The first-order valence-corrected chi connectivity index (χ1v) is 9.93. The first-order valence-electron chi connectivity index (χ1n) is 9.93. The molecule has 0 aliphatic heterocycles. The summed E-state index contributed by atoms with van der Waals surface area (Å²) in [5, 5.41) is 3.38. The van der Waals surface area contributed by atoms with Crippen molar-refractivity contribution in [2.75, 3.05) is 7.05 Å². The molecule has 148 valence electrons. The van der Waals surface area contributed by atoms with Gasteiger partial charge in [0.1, 0.15) is 5.65 Å². The molecule has 0 saturated heterocycles. The van der Waals surface area contributed by atoms with Gasteiger partial charge in [0.2, 0.25) is 5.91 Å². The zero-order valence-corrected chi connectivity index (χ0v) is 17.0. The van der Waals surface area contributed by atoms with Crippen molar-refractivity contribution in [3.05, 3.63) is 84.2 Å². The van der Waals surface area contributed by atoms with Crippen LogP contribution in [0.5, 0.6) is 0 Å². The fraction of sp³-hybridized carbons (Fsp3) is 0.120. The molecule has 0 radical (unpaired) electrons. The number of nitrogens with one attached hydrogen (secondary N) is 1. The fourth-order valence-corrected chi connectivity index (χ4v) is 3.96. The van der Waals surface area contributed by atoms with Crippen LogP contribution in [0.4, 0.5) is 0 Å². The number of amides is 1. The molecule has 0 unspecified atom stereocenters. The summed E-state index contributed by atoms with van der Waals surface area (Å²) in [6.07, 6.45) is 5.29. The molecule has 0 saturated carbocycles. The fourth-order valence-electron chi connectivity index (χ4n) is 3.96. The van der Waals surface area contributed by atoms with Crippen LogP contribution in [0.25, 0.3) is 38.9 Å². The summed E-state index contributed by atoms with van der Waals surface area (Å²) in [6, 6.07) is 20.5. The van der Waals surface area contributed by atoms with Crippen molar-refractivity contribution in [3.8, 4) is 0 Å². The predicted molar refractivity (Wildman–Crippen MR) is 122 cm³/mol. The Hall–Kier alpha value is -3.86. The lowest BCUT2D eigenvalue weighted by atomic mass is 10.1. The third-order valence-corrected chi connectivity index (χ3v) is 5.64. The molecular formula is C25H22N4O. The van der Waals surface area contributed by atoms with Gasteiger partial charge in [0.25, 0.3) is 0 Å². The number of aromatic amines is 1. The first-order chi connectivity index (χ1) is 14.6. The number of carbonyl (C=O) groups is 1. The minimum absolute atomic E-state index is 0.0269. The van der Waals surface area contributed by atoms with Gasteiger partial charge in [-0.25, -0.2) is 4.98 Å². The normalized spacial score (nSPS) is 11.8. The van der Waals surface area contributed by atoms with E-state index < -0.39 is 0 Å². The van der Waals surface area contributed by atoms with E-state index in [1.807, 2.05) is 50.5 Å². The second kappa shape index (κ2) is 7.19. The van der Waals surface area contributed by atoms with Crippen molar-refractivity contribution in [2.45, 2.75) is 6.54 Å². The van der Waals surface area contributed by atoms with E-state index in [1.165, 1.54) is 10.9 Å². The number of likely N-dealkylation sites (N-methyl/N-ethyl adjacent to an activating group) is 1. The smallest absolute Gasteiger partial charge is 0.246 e. The number of para-hydroxylation sites is 1. The van der Waals surface area contributed by atoms with E-state index in [0.29, 0.717) is 6.54 Å². The van der Waals surface area contributed by atoms with Gasteiger partial charge >= 0.3 is 0 Å². The number of aryl methyl sites for hydroxylation is 1. The Morgan fingerprint density at radius 2 is 1.97 bits per heavy atom. The summed E-state index contributed by atoms with van der Waals surface area (Å²) in [5.41, 5.74) is 5.18. The Balaban J connectivity index is 1.36. The molecule has 1 amide bonds. The van der Waals surface area contributed by atoms with Crippen molar-refractivity contribution >= 4 is 44.8 Å². The van der Waals surface area contributed by atoms with E-state index in [9.17, 15) is 4.79 Å². The highest BCUT2D eigenvalue weighted by Gasteiger charge is 2.11. The van der Waals surface area contributed by atoms with E-state index in [1.54, 1.807) is 17.2 Å². The number of pyridine rings is 1. The van der Waals surface area contributed by atoms with Crippen LogP contribution in [-0.4, -0.2) is 32.4 Å². The van der Waals surface area contributed by atoms with Gasteiger partial charge in [0, 0.05) is 53.9 Å². The Labute approximate surface area is 174 Å². The molecule has 0 atom stereocenters. The molecule has 0 aliphatic carbocycles. The van der Waals surface area contributed by atoms with Crippen LogP contribution in [0, 0.1) is 0 Å². The zero-order valence-electron chi connectivity index (χ0n) is 17.0. The maximum atomic E-state index is 12.7. The zero-order chi connectivity index (χ0) is 20.7. The number of fused-ring (bicyclic) bond motifs is 4. The third-order valence-electron chi connectivity index (χ3n) is 5.64. The van der Waals surface area contributed by atoms with E-state index in [-0.39, 0.29) is 5.91 Å². The largest absolute Gasteiger partial charge is 0.346 e. The molecule has 5 aromatic rings. The Bertz CT molecular complexity index is 1420.